The van der Waals surface area contributed by atoms with Crippen LogP contribution in [0.1, 0.15) is 21.5 Å². The lowest BCUT2D eigenvalue weighted by molar-refractivity contribution is -0.147. The van der Waals surface area contributed by atoms with Gasteiger partial charge in [0.05, 0.1) is 11.3 Å². The van der Waals surface area contributed by atoms with Crippen LogP contribution in [0.3, 0.4) is 0 Å². The van der Waals surface area contributed by atoms with Crippen LogP contribution in [0.25, 0.3) is 0 Å². The van der Waals surface area contributed by atoms with Crippen molar-refractivity contribution in [2.45, 2.75) is 13.8 Å². The molecular formula is C21H19N3O6. The first-order valence-electron chi connectivity index (χ1n) is 9.05. The highest BCUT2D eigenvalue weighted by molar-refractivity contribution is 6.52. The summed E-state index contributed by atoms with van der Waals surface area (Å²) in [6, 6.07) is 10.9. The third-order valence-electron chi connectivity index (χ3n) is 4.41. The van der Waals surface area contributed by atoms with Gasteiger partial charge < -0.3 is 10.1 Å². The van der Waals surface area contributed by atoms with Crippen LogP contribution in [0.5, 0.6) is 0 Å². The Kier molecular flexibility index (Phi) is 5.91. The van der Waals surface area contributed by atoms with Gasteiger partial charge in [0, 0.05) is 5.69 Å². The highest BCUT2D eigenvalue weighted by atomic mass is 16.5. The van der Waals surface area contributed by atoms with Gasteiger partial charge >= 0.3 is 12.0 Å². The van der Waals surface area contributed by atoms with Crippen molar-refractivity contribution >= 4 is 41.0 Å². The molecule has 0 bridgehead atoms. The number of ether oxygens (including phenoxy) is 1. The Hall–Kier alpha value is -4.01. The molecule has 0 unspecified atom stereocenters. The van der Waals surface area contributed by atoms with Crippen molar-refractivity contribution in [2.75, 3.05) is 23.4 Å². The quantitative estimate of drug-likeness (QED) is 0.573. The second-order valence-corrected chi connectivity index (χ2v) is 6.72. The number of anilines is 2. The SMILES string of the molecule is Cc1ccc(NC(=O)NC(=O)COC(=O)CN2C(=O)C(=O)c3ccccc32)c(C)c1. The largest absolute Gasteiger partial charge is 0.454 e. The number of imide groups is 1. The molecule has 0 radical (unpaired) electrons. The van der Waals surface area contributed by atoms with E-state index >= 15 is 0 Å². The number of carbonyl (C=O) groups is 5. The number of Topliss-reactive ketones (excluding diaryl/α,β-unsaturated/α-hetero) is 1. The molecule has 0 aromatic heterocycles. The third kappa shape index (κ3) is 4.52. The fraction of sp³-hybridized carbons (Fsp3) is 0.190. The van der Waals surface area contributed by atoms with Crippen molar-refractivity contribution in [1.29, 1.82) is 0 Å². The molecule has 3 rings (SSSR count). The zero-order valence-electron chi connectivity index (χ0n) is 16.4. The van der Waals surface area contributed by atoms with E-state index in [2.05, 4.69) is 5.32 Å². The average Bonchev–Trinajstić information content (AvgIpc) is 2.94. The van der Waals surface area contributed by atoms with Crippen molar-refractivity contribution in [3.8, 4) is 0 Å². The van der Waals surface area contributed by atoms with Crippen LogP contribution in [0, 0.1) is 13.8 Å². The van der Waals surface area contributed by atoms with Gasteiger partial charge in [0.1, 0.15) is 6.54 Å². The number of nitrogens with zero attached hydrogens (tertiary/aromatic N) is 1. The molecule has 2 N–H and O–H groups in total. The molecule has 0 spiro atoms. The number of ketones is 1. The summed E-state index contributed by atoms with van der Waals surface area (Å²) in [6.07, 6.45) is 0. The van der Waals surface area contributed by atoms with Crippen LogP contribution in [0.15, 0.2) is 42.5 Å². The molecule has 0 saturated heterocycles. The number of urea groups is 1. The maximum atomic E-state index is 12.0. The van der Waals surface area contributed by atoms with E-state index in [1.165, 1.54) is 12.1 Å². The number of rotatable bonds is 5. The van der Waals surface area contributed by atoms with E-state index in [4.69, 9.17) is 4.74 Å². The number of hydrogen-bond acceptors (Lipinski definition) is 6. The molecule has 0 atom stereocenters. The monoisotopic (exact) mass is 409 g/mol. The van der Waals surface area contributed by atoms with Crippen LogP contribution in [0.2, 0.25) is 0 Å². The number of aryl methyl sites for hydroxylation is 2. The summed E-state index contributed by atoms with van der Waals surface area (Å²) in [4.78, 5) is 60.7. The van der Waals surface area contributed by atoms with E-state index in [1.54, 1.807) is 18.2 Å². The number of carbonyl (C=O) groups excluding carboxylic acids is 5. The van der Waals surface area contributed by atoms with Gasteiger partial charge in [-0.2, -0.15) is 0 Å². The van der Waals surface area contributed by atoms with Gasteiger partial charge in [-0.1, -0.05) is 29.8 Å². The van der Waals surface area contributed by atoms with Crippen LogP contribution in [-0.4, -0.2) is 42.7 Å². The Morgan fingerprint density at radius 2 is 1.77 bits per heavy atom. The molecule has 2 aromatic carbocycles. The van der Waals surface area contributed by atoms with Gasteiger partial charge in [-0.05, 0) is 37.6 Å². The van der Waals surface area contributed by atoms with Gasteiger partial charge in [-0.3, -0.25) is 29.4 Å². The Bertz CT molecular complexity index is 1060. The molecule has 0 fully saturated rings. The molecule has 0 aliphatic carbocycles. The Morgan fingerprint density at radius 3 is 2.50 bits per heavy atom. The first kappa shape index (κ1) is 20.7. The standard InChI is InChI=1S/C21H19N3O6/c1-12-7-8-15(13(2)9-12)22-21(29)23-17(25)11-30-18(26)10-24-16-6-4-3-5-14(16)19(27)20(24)28/h3-9H,10-11H2,1-2H3,(H2,22,23,25,29). The third-order valence-corrected chi connectivity index (χ3v) is 4.41. The van der Waals surface area contributed by atoms with Gasteiger partial charge in [0.25, 0.3) is 17.6 Å². The van der Waals surface area contributed by atoms with Gasteiger partial charge in [-0.15, -0.1) is 0 Å². The minimum Gasteiger partial charge on any atom is -0.454 e. The van der Waals surface area contributed by atoms with E-state index in [-0.39, 0.29) is 5.56 Å². The normalized spacial score (nSPS) is 12.4. The summed E-state index contributed by atoms with van der Waals surface area (Å²) in [7, 11) is 0. The maximum absolute atomic E-state index is 12.0. The van der Waals surface area contributed by atoms with E-state index in [9.17, 15) is 24.0 Å². The molecule has 4 amide bonds. The summed E-state index contributed by atoms with van der Waals surface area (Å²) in [5.41, 5.74) is 2.91. The number of nitrogens with one attached hydrogen (secondary N) is 2. The lowest BCUT2D eigenvalue weighted by Crippen LogP contribution is -2.39. The van der Waals surface area contributed by atoms with Crippen LogP contribution in [-0.2, 0) is 19.1 Å². The lowest BCUT2D eigenvalue weighted by Gasteiger charge is -2.15. The van der Waals surface area contributed by atoms with E-state index in [0.29, 0.717) is 11.4 Å². The predicted molar refractivity (Wildman–Crippen MR) is 107 cm³/mol. The number of esters is 1. The van der Waals surface area contributed by atoms with Crippen LogP contribution in [0.4, 0.5) is 16.2 Å². The smallest absolute Gasteiger partial charge is 0.326 e. The number of fused-ring (bicyclic) bond motifs is 1. The summed E-state index contributed by atoms with van der Waals surface area (Å²) < 4.78 is 4.82. The Morgan fingerprint density at radius 1 is 1.03 bits per heavy atom. The summed E-state index contributed by atoms with van der Waals surface area (Å²) in [6.45, 7) is 2.49. The Balaban J connectivity index is 1.49. The molecule has 30 heavy (non-hydrogen) atoms. The van der Waals surface area contributed by atoms with E-state index < -0.39 is 42.7 Å². The van der Waals surface area contributed by atoms with Crippen molar-refractivity contribution in [2.24, 2.45) is 0 Å². The molecule has 0 saturated carbocycles. The Labute approximate surface area is 172 Å². The van der Waals surface area contributed by atoms with Crippen LogP contribution < -0.4 is 15.5 Å². The second kappa shape index (κ2) is 8.56. The minimum absolute atomic E-state index is 0.205. The summed E-state index contributed by atoms with van der Waals surface area (Å²) in [5.74, 6) is -3.28. The molecule has 9 nitrogen and oxygen atoms in total. The predicted octanol–water partition coefficient (Wildman–Crippen LogP) is 1.72. The topological polar surface area (TPSA) is 122 Å². The molecule has 1 heterocycles. The molecule has 2 aromatic rings. The number of amides is 4. The van der Waals surface area contributed by atoms with E-state index in [1.807, 2.05) is 31.3 Å². The van der Waals surface area contributed by atoms with Crippen molar-refractivity contribution in [1.82, 2.24) is 5.32 Å². The number of para-hydroxylation sites is 1. The fourth-order valence-electron chi connectivity index (χ4n) is 3.00. The first-order chi connectivity index (χ1) is 14.3. The van der Waals surface area contributed by atoms with Gasteiger partial charge in [0.15, 0.2) is 6.61 Å². The van der Waals surface area contributed by atoms with E-state index in [0.717, 1.165) is 16.0 Å². The summed E-state index contributed by atoms with van der Waals surface area (Å²) >= 11 is 0. The van der Waals surface area contributed by atoms with Crippen molar-refractivity contribution in [3.05, 3.63) is 59.2 Å². The maximum Gasteiger partial charge on any atom is 0.326 e. The highest BCUT2D eigenvalue weighted by Gasteiger charge is 2.36. The van der Waals surface area contributed by atoms with Crippen molar-refractivity contribution in [3.63, 3.8) is 0 Å². The minimum atomic E-state index is -0.891. The average molecular weight is 409 g/mol. The first-order valence-corrected chi connectivity index (χ1v) is 9.05. The zero-order valence-corrected chi connectivity index (χ0v) is 16.4. The summed E-state index contributed by atoms with van der Waals surface area (Å²) in [5, 5.41) is 4.58. The highest BCUT2D eigenvalue weighted by Crippen LogP contribution is 2.28. The van der Waals surface area contributed by atoms with Gasteiger partial charge in [-0.25, -0.2) is 4.79 Å². The fourth-order valence-corrected chi connectivity index (χ4v) is 3.00. The van der Waals surface area contributed by atoms with Crippen molar-refractivity contribution < 1.29 is 28.7 Å². The lowest BCUT2D eigenvalue weighted by atomic mass is 10.1. The molecule has 154 valence electrons. The number of hydrogen-bond donors (Lipinski definition) is 2. The molecule has 9 heteroatoms. The van der Waals surface area contributed by atoms with Crippen LogP contribution >= 0.6 is 0 Å². The zero-order chi connectivity index (χ0) is 21.8. The molecule has 1 aliphatic heterocycles. The number of benzene rings is 2. The molecular weight excluding hydrogens is 390 g/mol. The molecule has 1 aliphatic rings. The second-order valence-electron chi connectivity index (χ2n) is 6.72. The van der Waals surface area contributed by atoms with Gasteiger partial charge in [0.2, 0.25) is 0 Å².